The van der Waals surface area contributed by atoms with E-state index in [9.17, 15) is 4.79 Å². The minimum absolute atomic E-state index is 0.109. The number of rotatable bonds is 2. The van der Waals surface area contributed by atoms with Crippen LogP contribution in [-0.2, 0) is 4.79 Å². The zero-order valence-electron chi connectivity index (χ0n) is 10.9. The molecular formula is C16H19ClO. The van der Waals surface area contributed by atoms with Crippen LogP contribution < -0.4 is 0 Å². The fraction of sp³-hybridized carbons (Fsp3) is 0.438. The van der Waals surface area contributed by atoms with Crippen LogP contribution in [0.5, 0.6) is 0 Å². The van der Waals surface area contributed by atoms with Gasteiger partial charge in [-0.25, -0.2) is 0 Å². The van der Waals surface area contributed by atoms with Crippen LogP contribution in [0.15, 0.2) is 29.8 Å². The highest BCUT2D eigenvalue weighted by atomic mass is 35.5. The Balaban J connectivity index is 2.26. The van der Waals surface area contributed by atoms with Crippen molar-refractivity contribution >= 4 is 23.5 Å². The van der Waals surface area contributed by atoms with Crippen molar-refractivity contribution in [2.24, 2.45) is 0 Å². The van der Waals surface area contributed by atoms with Crippen LogP contribution in [0.3, 0.4) is 0 Å². The van der Waals surface area contributed by atoms with Gasteiger partial charge in [-0.3, -0.25) is 4.79 Å². The number of Topliss-reactive ketones (excluding diaryl/α,β-unsaturated/α-hetero) is 1. The maximum Gasteiger partial charge on any atom is 0.176 e. The van der Waals surface area contributed by atoms with E-state index in [1.54, 1.807) is 0 Å². The summed E-state index contributed by atoms with van der Waals surface area (Å²) in [4.78, 5) is 11.9. The molecule has 96 valence electrons. The Morgan fingerprint density at radius 3 is 2.89 bits per heavy atom. The lowest BCUT2D eigenvalue weighted by molar-refractivity contribution is -0.116. The first-order valence-electron chi connectivity index (χ1n) is 6.56. The number of carbonyl (C=O) groups is 1. The monoisotopic (exact) mass is 262 g/mol. The fourth-order valence-electron chi connectivity index (χ4n) is 2.28. The van der Waals surface area contributed by atoms with E-state index in [1.807, 2.05) is 18.2 Å². The Bertz CT molecular complexity index is 474. The van der Waals surface area contributed by atoms with Crippen LogP contribution in [0.4, 0.5) is 0 Å². The third-order valence-electron chi connectivity index (χ3n) is 3.42. The fourth-order valence-corrected chi connectivity index (χ4v) is 2.57. The Morgan fingerprint density at radius 1 is 1.39 bits per heavy atom. The highest BCUT2D eigenvalue weighted by Gasteiger charge is 2.24. The van der Waals surface area contributed by atoms with Gasteiger partial charge in [0, 0.05) is 0 Å². The van der Waals surface area contributed by atoms with Crippen LogP contribution in [0.2, 0.25) is 0 Å². The van der Waals surface area contributed by atoms with Crippen molar-refractivity contribution in [3.63, 3.8) is 0 Å². The number of carbonyl (C=O) groups excluding carboxylic acids is 1. The summed E-state index contributed by atoms with van der Waals surface area (Å²) in [6.07, 6.45) is 4.68. The predicted octanol–water partition coefficient (Wildman–Crippen LogP) is 4.55. The van der Waals surface area contributed by atoms with E-state index in [0.717, 1.165) is 30.4 Å². The van der Waals surface area contributed by atoms with Gasteiger partial charge in [-0.05, 0) is 48.0 Å². The van der Waals surface area contributed by atoms with E-state index in [0.29, 0.717) is 5.92 Å². The lowest BCUT2D eigenvalue weighted by atomic mass is 9.91. The number of ketones is 1. The number of allylic oxidation sites excluding steroid dienone is 1. The second-order valence-electron chi connectivity index (χ2n) is 5.22. The molecule has 1 aliphatic carbocycles. The minimum atomic E-state index is -0.321. The van der Waals surface area contributed by atoms with E-state index >= 15 is 0 Å². The molecular weight excluding hydrogens is 244 g/mol. The molecule has 1 unspecified atom stereocenters. The van der Waals surface area contributed by atoms with Crippen LogP contribution in [0, 0.1) is 0 Å². The zero-order chi connectivity index (χ0) is 13.1. The molecule has 2 rings (SSSR count). The maximum atomic E-state index is 11.9. The van der Waals surface area contributed by atoms with E-state index < -0.39 is 0 Å². The lowest BCUT2D eigenvalue weighted by Crippen LogP contribution is -2.21. The zero-order valence-corrected chi connectivity index (χ0v) is 11.7. The molecule has 0 aliphatic heterocycles. The molecule has 0 N–H and O–H groups in total. The molecule has 1 aliphatic rings. The van der Waals surface area contributed by atoms with E-state index in [4.69, 9.17) is 11.6 Å². The summed E-state index contributed by atoms with van der Waals surface area (Å²) in [5, 5.41) is -0.321. The molecule has 1 nitrogen and oxygen atoms in total. The van der Waals surface area contributed by atoms with Crippen molar-refractivity contribution in [3.8, 4) is 0 Å². The molecule has 0 radical (unpaired) electrons. The second kappa shape index (κ2) is 5.71. The normalized spacial score (nSPS) is 22.8. The molecule has 1 aromatic rings. The summed E-state index contributed by atoms with van der Waals surface area (Å²) in [7, 11) is 0. The third kappa shape index (κ3) is 3.02. The van der Waals surface area contributed by atoms with Gasteiger partial charge < -0.3 is 0 Å². The van der Waals surface area contributed by atoms with Gasteiger partial charge >= 0.3 is 0 Å². The molecule has 0 amide bonds. The van der Waals surface area contributed by atoms with Crippen LogP contribution >= 0.6 is 11.6 Å². The Hall–Kier alpha value is -1.08. The van der Waals surface area contributed by atoms with Crippen LogP contribution in [-0.4, -0.2) is 11.2 Å². The van der Waals surface area contributed by atoms with Crippen molar-refractivity contribution in [3.05, 3.63) is 41.0 Å². The summed E-state index contributed by atoms with van der Waals surface area (Å²) in [6, 6.07) is 8.37. The molecule has 1 aromatic carbocycles. The Labute approximate surface area is 114 Å². The highest BCUT2D eigenvalue weighted by molar-refractivity contribution is 6.34. The lowest BCUT2D eigenvalue weighted by Gasteiger charge is -2.17. The van der Waals surface area contributed by atoms with Crippen molar-refractivity contribution in [1.29, 1.82) is 0 Å². The van der Waals surface area contributed by atoms with Gasteiger partial charge in [0.2, 0.25) is 0 Å². The van der Waals surface area contributed by atoms with Gasteiger partial charge in [0.05, 0.1) is 5.38 Å². The predicted molar refractivity (Wildman–Crippen MR) is 77.0 cm³/mol. The van der Waals surface area contributed by atoms with Crippen molar-refractivity contribution in [2.45, 2.75) is 44.4 Å². The van der Waals surface area contributed by atoms with Crippen molar-refractivity contribution in [1.82, 2.24) is 0 Å². The molecule has 0 spiro atoms. The summed E-state index contributed by atoms with van der Waals surface area (Å²) in [5.74, 6) is 0.615. The van der Waals surface area contributed by atoms with E-state index in [2.05, 4.69) is 26.0 Å². The summed E-state index contributed by atoms with van der Waals surface area (Å²) < 4.78 is 0. The van der Waals surface area contributed by atoms with Gasteiger partial charge in [-0.2, -0.15) is 0 Å². The molecule has 0 heterocycles. The van der Waals surface area contributed by atoms with Gasteiger partial charge in [-0.15, -0.1) is 11.6 Å². The van der Waals surface area contributed by atoms with Crippen molar-refractivity contribution in [2.75, 3.05) is 0 Å². The van der Waals surface area contributed by atoms with Crippen molar-refractivity contribution < 1.29 is 4.79 Å². The van der Waals surface area contributed by atoms with E-state index in [-0.39, 0.29) is 11.2 Å². The Morgan fingerprint density at radius 2 is 2.17 bits per heavy atom. The molecule has 0 saturated heterocycles. The third-order valence-corrected chi connectivity index (χ3v) is 3.84. The average molecular weight is 263 g/mol. The number of halogens is 1. The number of alkyl halides is 1. The van der Waals surface area contributed by atoms with Gasteiger partial charge in [0.15, 0.2) is 5.78 Å². The average Bonchev–Trinajstić information content (AvgIpc) is 2.35. The largest absolute Gasteiger partial charge is 0.293 e. The molecule has 1 atom stereocenters. The summed E-state index contributed by atoms with van der Waals surface area (Å²) >= 11 is 6.02. The molecule has 0 bridgehead atoms. The number of benzene rings is 1. The first-order valence-corrected chi connectivity index (χ1v) is 7.00. The smallest absolute Gasteiger partial charge is 0.176 e. The minimum Gasteiger partial charge on any atom is -0.293 e. The maximum absolute atomic E-state index is 11.9. The molecule has 0 aromatic heterocycles. The van der Waals surface area contributed by atoms with E-state index in [1.165, 1.54) is 5.56 Å². The number of hydrogen-bond acceptors (Lipinski definition) is 1. The second-order valence-corrected chi connectivity index (χ2v) is 5.75. The SMILES string of the molecule is CC(C)c1cccc(C=C2CCCC(Cl)C2=O)c1. The van der Waals surface area contributed by atoms with Gasteiger partial charge in [0.1, 0.15) is 0 Å². The topological polar surface area (TPSA) is 17.1 Å². The standard InChI is InChI=1S/C16H19ClO/c1-11(2)13-6-3-5-12(9-13)10-14-7-4-8-15(17)16(14)18/h3,5-6,9-11,15H,4,7-8H2,1-2H3. The molecule has 18 heavy (non-hydrogen) atoms. The molecule has 1 saturated carbocycles. The van der Waals surface area contributed by atoms with Crippen LogP contribution in [0.25, 0.3) is 6.08 Å². The Kier molecular flexibility index (Phi) is 4.23. The quantitative estimate of drug-likeness (QED) is 0.564. The first-order chi connectivity index (χ1) is 8.58. The number of hydrogen-bond donors (Lipinski definition) is 0. The molecule has 2 heteroatoms. The highest BCUT2D eigenvalue weighted by Crippen LogP contribution is 2.26. The van der Waals surface area contributed by atoms with Crippen LogP contribution in [0.1, 0.15) is 50.2 Å². The summed E-state index contributed by atoms with van der Waals surface area (Å²) in [6.45, 7) is 4.35. The van der Waals surface area contributed by atoms with Gasteiger partial charge in [-0.1, -0.05) is 38.1 Å². The van der Waals surface area contributed by atoms with Gasteiger partial charge in [0.25, 0.3) is 0 Å². The molecule has 1 fully saturated rings. The first kappa shape index (κ1) is 13.4. The summed E-state index contributed by atoms with van der Waals surface area (Å²) in [5.41, 5.74) is 3.28.